The Kier molecular flexibility index (Phi) is 3.21. The van der Waals surface area contributed by atoms with Gasteiger partial charge in [0.1, 0.15) is 10.6 Å². The summed E-state index contributed by atoms with van der Waals surface area (Å²) in [7, 11) is 0. The average molecular weight is 281 g/mol. The third-order valence-corrected chi connectivity index (χ3v) is 5.21. The van der Waals surface area contributed by atoms with Crippen molar-refractivity contribution in [2.45, 2.75) is 45.4 Å². The highest BCUT2D eigenvalue weighted by molar-refractivity contribution is 7.12. The Morgan fingerprint density at radius 2 is 1.89 bits per heavy atom. The Morgan fingerprint density at radius 3 is 2.53 bits per heavy atom. The summed E-state index contributed by atoms with van der Waals surface area (Å²) in [5.74, 6) is 0. The van der Waals surface area contributed by atoms with Crippen LogP contribution in [0.2, 0.25) is 0 Å². The summed E-state index contributed by atoms with van der Waals surface area (Å²) in [4.78, 5) is 8.65. The standard InChI is InChI=1S/C14H23N3OS/c1-13(2)11-12(14(3,4)18-13)19-10(16-11)9-17-7-5-15-6-8-17/h15H,5-9H2,1-4H3. The number of hydrogen-bond acceptors (Lipinski definition) is 5. The summed E-state index contributed by atoms with van der Waals surface area (Å²) >= 11 is 1.83. The summed E-state index contributed by atoms with van der Waals surface area (Å²) in [5, 5.41) is 4.62. The van der Waals surface area contributed by atoms with E-state index in [2.05, 4.69) is 37.9 Å². The van der Waals surface area contributed by atoms with Crippen LogP contribution in [0.15, 0.2) is 0 Å². The van der Waals surface area contributed by atoms with Crippen molar-refractivity contribution in [1.29, 1.82) is 0 Å². The van der Waals surface area contributed by atoms with Crippen LogP contribution >= 0.6 is 11.3 Å². The van der Waals surface area contributed by atoms with Gasteiger partial charge in [0.25, 0.3) is 0 Å². The Balaban J connectivity index is 1.82. The summed E-state index contributed by atoms with van der Waals surface area (Å²) in [6.07, 6.45) is 0. The van der Waals surface area contributed by atoms with Crippen molar-refractivity contribution in [1.82, 2.24) is 15.2 Å². The van der Waals surface area contributed by atoms with Gasteiger partial charge in [0.05, 0.1) is 22.7 Å². The molecule has 3 heterocycles. The van der Waals surface area contributed by atoms with Crippen molar-refractivity contribution in [2.24, 2.45) is 0 Å². The molecular weight excluding hydrogens is 258 g/mol. The molecule has 0 spiro atoms. The highest BCUT2D eigenvalue weighted by atomic mass is 32.1. The fourth-order valence-corrected chi connectivity index (χ4v) is 4.34. The van der Waals surface area contributed by atoms with Crippen molar-refractivity contribution >= 4 is 11.3 Å². The molecule has 1 fully saturated rings. The molecule has 3 rings (SSSR count). The van der Waals surface area contributed by atoms with E-state index in [9.17, 15) is 0 Å². The van der Waals surface area contributed by atoms with E-state index in [1.165, 1.54) is 9.88 Å². The molecule has 0 unspecified atom stereocenters. The van der Waals surface area contributed by atoms with E-state index in [1.807, 2.05) is 11.3 Å². The lowest BCUT2D eigenvalue weighted by Gasteiger charge is -2.27. The van der Waals surface area contributed by atoms with Gasteiger partial charge in [0.2, 0.25) is 0 Å². The predicted octanol–water partition coefficient (Wildman–Crippen LogP) is 2.05. The van der Waals surface area contributed by atoms with E-state index < -0.39 is 0 Å². The first kappa shape index (κ1) is 13.5. The first-order valence-electron chi connectivity index (χ1n) is 7.02. The summed E-state index contributed by atoms with van der Waals surface area (Å²) in [6, 6.07) is 0. The van der Waals surface area contributed by atoms with E-state index in [4.69, 9.17) is 9.72 Å². The number of aromatic nitrogens is 1. The van der Waals surface area contributed by atoms with Crippen molar-refractivity contribution in [2.75, 3.05) is 26.2 Å². The highest BCUT2D eigenvalue weighted by Gasteiger charge is 2.46. The van der Waals surface area contributed by atoms with Crippen molar-refractivity contribution in [3.63, 3.8) is 0 Å². The lowest BCUT2D eigenvalue weighted by Crippen LogP contribution is -2.42. The summed E-state index contributed by atoms with van der Waals surface area (Å²) in [6.45, 7) is 13.9. The Morgan fingerprint density at radius 1 is 1.21 bits per heavy atom. The van der Waals surface area contributed by atoms with E-state index in [0.29, 0.717) is 0 Å². The molecule has 1 aromatic rings. The van der Waals surface area contributed by atoms with E-state index in [1.54, 1.807) is 0 Å². The van der Waals surface area contributed by atoms with Gasteiger partial charge < -0.3 is 10.1 Å². The van der Waals surface area contributed by atoms with Crippen LogP contribution in [0.1, 0.15) is 43.3 Å². The lowest BCUT2D eigenvalue weighted by atomic mass is 10.0. The maximum atomic E-state index is 6.12. The Hall–Kier alpha value is -0.490. The van der Waals surface area contributed by atoms with Gasteiger partial charge in [0, 0.05) is 26.2 Å². The molecule has 2 aliphatic rings. The largest absolute Gasteiger partial charge is 0.358 e. The highest BCUT2D eigenvalue weighted by Crippen LogP contribution is 2.48. The molecule has 0 aromatic carbocycles. The second-order valence-corrected chi connectivity index (χ2v) is 7.52. The Labute approximate surface area is 119 Å². The molecule has 1 N–H and O–H groups in total. The van der Waals surface area contributed by atoms with Crippen LogP contribution < -0.4 is 5.32 Å². The molecule has 19 heavy (non-hydrogen) atoms. The fraction of sp³-hybridized carbons (Fsp3) is 0.786. The zero-order valence-corrected chi connectivity index (χ0v) is 13.1. The molecule has 0 bridgehead atoms. The van der Waals surface area contributed by atoms with Crippen LogP contribution in [-0.4, -0.2) is 36.1 Å². The smallest absolute Gasteiger partial charge is 0.107 e. The molecular formula is C14H23N3OS. The second kappa shape index (κ2) is 4.52. The predicted molar refractivity (Wildman–Crippen MR) is 77.4 cm³/mol. The number of ether oxygens (including phenoxy) is 1. The molecule has 0 saturated carbocycles. The van der Waals surface area contributed by atoms with Gasteiger partial charge in [0.15, 0.2) is 0 Å². The quantitative estimate of drug-likeness (QED) is 0.900. The topological polar surface area (TPSA) is 37.4 Å². The molecule has 0 aliphatic carbocycles. The summed E-state index contributed by atoms with van der Waals surface area (Å²) < 4.78 is 6.12. The van der Waals surface area contributed by atoms with Crippen LogP contribution in [0.25, 0.3) is 0 Å². The molecule has 0 radical (unpaired) electrons. The minimum Gasteiger partial charge on any atom is -0.358 e. The zero-order valence-electron chi connectivity index (χ0n) is 12.2. The molecule has 1 aromatic heterocycles. The lowest BCUT2D eigenvalue weighted by molar-refractivity contribution is -0.105. The molecule has 106 valence electrons. The number of fused-ring (bicyclic) bond motifs is 1. The Bertz CT molecular complexity index is 444. The van der Waals surface area contributed by atoms with E-state index >= 15 is 0 Å². The maximum Gasteiger partial charge on any atom is 0.107 e. The molecule has 0 atom stereocenters. The number of nitrogens with one attached hydrogen (secondary N) is 1. The van der Waals surface area contributed by atoms with Crippen LogP contribution in [0.4, 0.5) is 0 Å². The number of thiazole rings is 1. The zero-order chi connectivity index (χ0) is 13.7. The van der Waals surface area contributed by atoms with E-state index in [0.717, 1.165) is 38.4 Å². The molecule has 1 saturated heterocycles. The average Bonchev–Trinajstić information content (AvgIpc) is 2.80. The van der Waals surface area contributed by atoms with Gasteiger partial charge in [-0.05, 0) is 27.7 Å². The van der Waals surface area contributed by atoms with E-state index in [-0.39, 0.29) is 11.2 Å². The molecule has 0 amide bonds. The van der Waals surface area contributed by atoms with Crippen LogP contribution in [-0.2, 0) is 22.5 Å². The van der Waals surface area contributed by atoms with Gasteiger partial charge in [-0.2, -0.15) is 0 Å². The summed E-state index contributed by atoms with van der Waals surface area (Å²) in [5.41, 5.74) is 0.697. The van der Waals surface area contributed by atoms with Gasteiger partial charge in [-0.3, -0.25) is 4.90 Å². The van der Waals surface area contributed by atoms with Gasteiger partial charge in [-0.15, -0.1) is 11.3 Å². The third kappa shape index (κ3) is 2.44. The first-order valence-corrected chi connectivity index (χ1v) is 7.84. The minimum atomic E-state index is -0.253. The van der Waals surface area contributed by atoms with Crippen molar-refractivity contribution in [3.05, 3.63) is 15.6 Å². The second-order valence-electron chi connectivity index (χ2n) is 6.43. The van der Waals surface area contributed by atoms with Gasteiger partial charge in [-0.1, -0.05) is 0 Å². The molecule has 2 aliphatic heterocycles. The monoisotopic (exact) mass is 281 g/mol. The number of hydrogen-bond donors (Lipinski definition) is 1. The SMILES string of the molecule is CC1(C)OC(C)(C)c2sc(CN3CCNCC3)nc21. The number of rotatable bonds is 2. The van der Waals surface area contributed by atoms with Crippen molar-refractivity contribution < 1.29 is 4.74 Å². The molecule has 4 nitrogen and oxygen atoms in total. The fourth-order valence-electron chi connectivity index (χ4n) is 3.04. The number of nitrogens with zero attached hydrogens (tertiary/aromatic N) is 2. The van der Waals surface area contributed by atoms with Crippen LogP contribution in [0.3, 0.4) is 0 Å². The minimum absolute atomic E-state index is 0.196. The van der Waals surface area contributed by atoms with Crippen LogP contribution in [0, 0.1) is 0 Å². The maximum absolute atomic E-state index is 6.12. The van der Waals surface area contributed by atoms with Gasteiger partial charge >= 0.3 is 0 Å². The third-order valence-electron chi connectivity index (χ3n) is 3.87. The normalized spacial score (nSPS) is 25.5. The first-order chi connectivity index (χ1) is 8.88. The van der Waals surface area contributed by atoms with Crippen molar-refractivity contribution in [3.8, 4) is 0 Å². The van der Waals surface area contributed by atoms with Gasteiger partial charge in [-0.25, -0.2) is 4.98 Å². The number of piperazine rings is 1. The molecule has 5 heteroatoms. The van der Waals surface area contributed by atoms with Crippen LogP contribution in [0.5, 0.6) is 0 Å².